The van der Waals surface area contributed by atoms with Crippen LogP contribution < -0.4 is 10.2 Å². The van der Waals surface area contributed by atoms with Crippen LogP contribution in [0.4, 0.5) is 11.6 Å². The zero-order valence-electron chi connectivity index (χ0n) is 11.0. The van der Waals surface area contributed by atoms with Crippen LogP contribution in [0.3, 0.4) is 0 Å². The second-order valence-corrected chi connectivity index (χ2v) is 4.99. The summed E-state index contributed by atoms with van der Waals surface area (Å²) in [5, 5.41) is 3.16. The number of hydrogen-bond donors (Lipinski definition) is 1. The number of aromatic nitrogens is 2. The monoisotopic (exact) mass is 248 g/mol. The van der Waals surface area contributed by atoms with Crippen molar-refractivity contribution in [3.05, 3.63) is 11.9 Å². The van der Waals surface area contributed by atoms with E-state index < -0.39 is 0 Å². The molecule has 2 unspecified atom stereocenters. The van der Waals surface area contributed by atoms with E-state index in [2.05, 4.69) is 27.1 Å². The predicted octanol–water partition coefficient (Wildman–Crippen LogP) is 1.45. The maximum absolute atomic E-state index is 5.88. The van der Waals surface area contributed by atoms with Crippen LogP contribution in [-0.4, -0.2) is 42.3 Å². The normalized spacial score (nSPS) is 26.4. The highest BCUT2D eigenvalue weighted by Crippen LogP contribution is 2.31. The van der Waals surface area contributed by atoms with Gasteiger partial charge in [0.25, 0.3) is 0 Å². The number of hydrogen-bond acceptors (Lipinski definition) is 5. The van der Waals surface area contributed by atoms with Gasteiger partial charge in [0.05, 0.1) is 12.2 Å². The Balaban J connectivity index is 1.91. The van der Waals surface area contributed by atoms with E-state index >= 15 is 0 Å². The predicted molar refractivity (Wildman–Crippen MR) is 71.1 cm³/mol. The van der Waals surface area contributed by atoms with Gasteiger partial charge in [-0.2, -0.15) is 0 Å². The average Bonchev–Trinajstić information content (AvgIpc) is 2.76. The van der Waals surface area contributed by atoms with E-state index in [1.807, 2.05) is 7.05 Å². The minimum Gasteiger partial charge on any atom is -0.373 e. The summed E-state index contributed by atoms with van der Waals surface area (Å²) in [6.07, 6.45) is 5.75. The average molecular weight is 248 g/mol. The zero-order chi connectivity index (χ0) is 12.5. The minimum atomic E-state index is 0.390. The van der Waals surface area contributed by atoms with Gasteiger partial charge in [-0.3, -0.25) is 0 Å². The molecule has 3 heterocycles. The highest BCUT2D eigenvalue weighted by Gasteiger charge is 2.35. The molecule has 0 saturated carbocycles. The Morgan fingerprint density at radius 1 is 1.33 bits per heavy atom. The lowest BCUT2D eigenvalue weighted by Crippen LogP contribution is -2.43. The minimum absolute atomic E-state index is 0.390. The number of ether oxygens (including phenoxy) is 1. The molecule has 18 heavy (non-hydrogen) atoms. The summed E-state index contributed by atoms with van der Waals surface area (Å²) in [5.74, 6) is 2.03. The van der Waals surface area contributed by atoms with Crippen molar-refractivity contribution < 1.29 is 4.74 Å². The standard InChI is InChI=1S/C13H20N4O/c1-3-11-12(14-2)15-8-16-13(11)17-6-9-4-5-10(7-17)18-9/h8-10H,3-7H2,1-2H3,(H,14,15,16). The summed E-state index contributed by atoms with van der Waals surface area (Å²) in [6.45, 7) is 4.07. The van der Waals surface area contributed by atoms with Crippen LogP contribution in [0.25, 0.3) is 0 Å². The van der Waals surface area contributed by atoms with Crippen molar-refractivity contribution in [2.24, 2.45) is 0 Å². The number of rotatable bonds is 3. The third-order valence-electron chi connectivity index (χ3n) is 3.86. The molecule has 2 aliphatic heterocycles. The van der Waals surface area contributed by atoms with Gasteiger partial charge < -0.3 is 15.0 Å². The third-order valence-corrected chi connectivity index (χ3v) is 3.86. The molecular weight excluding hydrogens is 228 g/mol. The molecule has 0 amide bonds. The van der Waals surface area contributed by atoms with Crippen LogP contribution in [0.5, 0.6) is 0 Å². The molecule has 98 valence electrons. The Kier molecular flexibility index (Phi) is 3.07. The Morgan fingerprint density at radius 2 is 2.06 bits per heavy atom. The summed E-state index contributed by atoms with van der Waals surface area (Å²) in [7, 11) is 1.91. The summed E-state index contributed by atoms with van der Waals surface area (Å²) in [5.41, 5.74) is 1.21. The highest BCUT2D eigenvalue weighted by atomic mass is 16.5. The zero-order valence-corrected chi connectivity index (χ0v) is 11.0. The second kappa shape index (κ2) is 4.72. The van der Waals surface area contributed by atoms with Crippen molar-refractivity contribution in [3.63, 3.8) is 0 Å². The first-order valence-electron chi connectivity index (χ1n) is 6.73. The summed E-state index contributed by atoms with van der Waals surface area (Å²) in [4.78, 5) is 11.2. The maximum Gasteiger partial charge on any atom is 0.137 e. The summed E-state index contributed by atoms with van der Waals surface area (Å²) in [6, 6.07) is 0. The van der Waals surface area contributed by atoms with Crippen LogP contribution in [0.15, 0.2) is 6.33 Å². The van der Waals surface area contributed by atoms with Gasteiger partial charge in [-0.25, -0.2) is 9.97 Å². The number of nitrogens with zero attached hydrogens (tertiary/aromatic N) is 3. The molecule has 2 atom stereocenters. The van der Waals surface area contributed by atoms with Crippen LogP contribution >= 0.6 is 0 Å². The van der Waals surface area contributed by atoms with Gasteiger partial charge in [0, 0.05) is 25.7 Å². The molecule has 1 aromatic heterocycles. The van der Waals surface area contributed by atoms with Crippen LogP contribution in [0, 0.1) is 0 Å². The van der Waals surface area contributed by atoms with Crippen molar-refractivity contribution in [1.82, 2.24) is 9.97 Å². The molecule has 2 saturated heterocycles. The van der Waals surface area contributed by atoms with Gasteiger partial charge in [-0.05, 0) is 19.3 Å². The molecule has 2 aliphatic rings. The van der Waals surface area contributed by atoms with Gasteiger partial charge in [-0.1, -0.05) is 6.92 Å². The van der Waals surface area contributed by atoms with Gasteiger partial charge in [0.15, 0.2) is 0 Å². The van der Waals surface area contributed by atoms with Gasteiger partial charge in [0.2, 0.25) is 0 Å². The fourth-order valence-corrected chi connectivity index (χ4v) is 3.00. The third kappa shape index (κ3) is 1.92. The number of nitrogens with one attached hydrogen (secondary N) is 1. The lowest BCUT2D eigenvalue weighted by atomic mass is 10.2. The number of fused-ring (bicyclic) bond motifs is 2. The molecule has 3 rings (SSSR count). The Labute approximate surface area is 108 Å². The van der Waals surface area contributed by atoms with Gasteiger partial charge >= 0.3 is 0 Å². The first-order valence-corrected chi connectivity index (χ1v) is 6.73. The van der Waals surface area contributed by atoms with E-state index in [4.69, 9.17) is 4.74 Å². The van der Waals surface area contributed by atoms with Crippen molar-refractivity contribution in [3.8, 4) is 0 Å². The molecule has 2 bridgehead atoms. The quantitative estimate of drug-likeness (QED) is 0.877. The molecule has 5 heteroatoms. The van der Waals surface area contributed by atoms with Crippen LogP contribution in [0.1, 0.15) is 25.3 Å². The van der Waals surface area contributed by atoms with E-state index in [0.717, 1.165) is 31.1 Å². The van der Waals surface area contributed by atoms with E-state index in [-0.39, 0.29) is 0 Å². The fourth-order valence-electron chi connectivity index (χ4n) is 3.00. The maximum atomic E-state index is 5.88. The lowest BCUT2D eigenvalue weighted by Gasteiger charge is -2.34. The van der Waals surface area contributed by atoms with Crippen LogP contribution in [-0.2, 0) is 11.2 Å². The Hall–Kier alpha value is -1.36. The first-order chi connectivity index (χ1) is 8.81. The van der Waals surface area contributed by atoms with Gasteiger partial charge in [0.1, 0.15) is 18.0 Å². The molecule has 0 radical (unpaired) electrons. The Bertz CT molecular complexity index is 425. The first kappa shape index (κ1) is 11.7. The van der Waals surface area contributed by atoms with E-state index in [1.54, 1.807) is 6.33 Å². The molecule has 2 fully saturated rings. The molecule has 1 aromatic rings. The molecular formula is C13H20N4O. The molecule has 0 aliphatic carbocycles. The molecule has 0 aromatic carbocycles. The smallest absolute Gasteiger partial charge is 0.137 e. The summed E-state index contributed by atoms with van der Waals surface area (Å²) < 4.78 is 5.88. The fraction of sp³-hybridized carbons (Fsp3) is 0.692. The van der Waals surface area contributed by atoms with Crippen molar-refractivity contribution >= 4 is 11.6 Å². The Morgan fingerprint density at radius 3 is 2.67 bits per heavy atom. The SMILES string of the molecule is CCc1c(NC)ncnc1N1CC2CCC(C1)O2. The topological polar surface area (TPSA) is 50.3 Å². The van der Waals surface area contributed by atoms with Gasteiger partial charge in [-0.15, -0.1) is 0 Å². The number of morpholine rings is 1. The molecule has 1 N–H and O–H groups in total. The largest absolute Gasteiger partial charge is 0.373 e. The van der Waals surface area contributed by atoms with Crippen molar-refractivity contribution in [1.29, 1.82) is 0 Å². The number of anilines is 2. The second-order valence-electron chi connectivity index (χ2n) is 4.99. The molecule has 5 nitrogen and oxygen atoms in total. The van der Waals surface area contributed by atoms with E-state index in [0.29, 0.717) is 12.2 Å². The molecule has 0 spiro atoms. The lowest BCUT2D eigenvalue weighted by molar-refractivity contribution is 0.0301. The van der Waals surface area contributed by atoms with E-state index in [9.17, 15) is 0 Å². The van der Waals surface area contributed by atoms with E-state index in [1.165, 1.54) is 18.4 Å². The highest BCUT2D eigenvalue weighted by molar-refractivity contribution is 5.59. The van der Waals surface area contributed by atoms with Crippen LogP contribution in [0.2, 0.25) is 0 Å². The van der Waals surface area contributed by atoms with Crippen molar-refractivity contribution in [2.75, 3.05) is 30.4 Å². The van der Waals surface area contributed by atoms with Crippen molar-refractivity contribution in [2.45, 2.75) is 38.4 Å². The summed E-state index contributed by atoms with van der Waals surface area (Å²) >= 11 is 0.